The molecule has 2 aromatic heterocycles. The van der Waals surface area contributed by atoms with Gasteiger partial charge in [0.1, 0.15) is 17.0 Å². The minimum absolute atomic E-state index is 0.102. The highest BCUT2D eigenvalue weighted by molar-refractivity contribution is 6.09. The first-order valence-corrected chi connectivity index (χ1v) is 8.35. The Bertz CT molecular complexity index is 1150. The Morgan fingerprint density at radius 3 is 2.24 bits per heavy atom. The molecule has 0 saturated carbocycles. The third-order valence-electron chi connectivity index (χ3n) is 3.99. The van der Waals surface area contributed by atoms with Gasteiger partial charge >= 0.3 is 6.18 Å². The van der Waals surface area contributed by atoms with Crippen LogP contribution in [0.25, 0.3) is 11.1 Å². The number of nitrogens with one attached hydrogen (secondary N) is 1. The highest BCUT2D eigenvalue weighted by Crippen LogP contribution is 2.31. The zero-order valence-corrected chi connectivity index (χ0v) is 14.6. The van der Waals surface area contributed by atoms with Gasteiger partial charge in [-0.15, -0.1) is 0 Å². The second kappa shape index (κ2) is 7.27. The minimum Gasteiger partial charge on any atom is -0.457 e. The summed E-state index contributed by atoms with van der Waals surface area (Å²) in [6.45, 7) is 0. The number of pyridine rings is 1. The Balaban J connectivity index is 1.44. The summed E-state index contributed by atoms with van der Waals surface area (Å²) < 4.78 is 48.5. The summed E-state index contributed by atoms with van der Waals surface area (Å²) in [7, 11) is 0. The van der Waals surface area contributed by atoms with Crippen molar-refractivity contribution in [2.75, 3.05) is 5.32 Å². The fraction of sp³-hybridized carbons (Fsp3) is 0.0500. The van der Waals surface area contributed by atoms with Crippen LogP contribution in [0.1, 0.15) is 16.1 Å². The zero-order chi connectivity index (χ0) is 20.4. The normalized spacial score (nSPS) is 11.4. The SMILES string of the molecule is O=C(Nc1ccc(Oc2ccc(C(F)(F)F)cc2)cc1)c1nccc2ncoc12. The highest BCUT2D eigenvalue weighted by atomic mass is 19.4. The fourth-order valence-electron chi connectivity index (χ4n) is 2.60. The number of benzene rings is 2. The van der Waals surface area contributed by atoms with E-state index in [4.69, 9.17) is 9.15 Å². The van der Waals surface area contributed by atoms with Crippen LogP contribution in [0.3, 0.4) is 0 Å². The van der Waals surface area contributed by atoms with Crippen LogP contribution in [-0.2, 0) is 6.18 Å². The molecule has 0 aliphatic heterocycles. The number of anilines is 1. The molecule has 0 fully saturated rings. The van der Waals surface area contributed by atoms with Gasteiger partial charge in [-0.3, -0.25) is 4.79 Å². The molecule has 4 aromatic rings. The smallest absolute Gasteiger partial charge is 0.416 e. The van der Waals surface area contributed by atoms with Crippen LogP contribution in [-0.4, -0.2) is 15.9 Å². The molecule has 0 saturated heterocycles. The second-order valence-corrected chi connectivity index (χ2v) is 5.96. The molecule has 0 unspecified atom stereocenters. The van der Waals surface area contributed by atoms with Crippen molar-refractivity contribution in [1.29, 1.82) is 0 Å². The molecule has 29 heavy (non-hydrogen) atoms. The van der Waals surface area contributed by atoms with E-state index in [-0.39, 0.29) is 17.0 Å². The van der Waals surface area contributed by atoms with Gasteiger partial charge in [0.15, 0.2) is 17.7 Å². The molecule has 1 N–H and O–H groups in total. The van der Waals surface area contributed by atoms with Crippen molar-refractivity contribution in [3.63, 3.8) is 0 Å². The molecule has 4 rings (SSSR count). The summed E-state index contributed by atoms with van der Waals surface area (Å²) >= 11 is 0. The lowest BCUT2D eigenvalue weighted by Gasteiger charge is -2.10. The second-order valence-electron chi connectivity index (χ2n) is 5.96. The van der Waals surface area contributed by atoms with Gasteiger partial charge in [0, 0.05) is 11.9 Å². The number of amides is 1. The van der Waals surface area contributed by atoms with Crippen LogP contribution in [0.4, 0.5) is 18.9 Å². The standard InChI is InChI=1S/C20H12F3N3O3/c21-20(22,23)12-1-5-14(6-2-12)29-15-7-3-13(4-8-15)26-19(27)17-18-16(9-10-24-17)25-11-28-18/h1-11H,(H,26,27). The predicted octanol–water partition coefficient (Wildman–Crippen LogP) is 5.29. The van der Waals surface area contributed by atoms with Crippen molar-refractivity contribution in [3.05, 3.63) is 78.4 Å². The number of hydrogen-bond acceptors (Lipinski definition) is 5. The number of fused-ring (bicyclic) bond motifs is 1. The number of carbonyl (C=O) groups is 1. The topological polar surface area (TPSA) is 77.2 Å². The van der Waals surface area contributed by atoms with E-state index in [9.17, 15) is 18.0 Å². The Morgan fingerprint density at radius 2 is 1.59 bits per heavy atom. The van der Waals surface area contributed by atoms with Gasteiger partial charge in [0.25, 0.3) is 5.91 Å². The Labute approximate surface area is 162 Å². The van der Waals surface area contributed by atoms with E-state index >= 15 is 0 Å². The van der Waals surface area contributed by atoms with E-state index in [0.717, 1.165) is 12.1 Å². The number of halogens is 3. The summed E-state index contributed by atoms with van der Waals surface area (Å²) in [5, 5.41) is 2.69. The molecular weight excluding hydrogens is 387 g/mol. The number of carbonyl (C=O) groups excluding carboxylic acids is 1. The molecule has 0 spiro atoms. The van der Waals surface area contributed by atoms with E-state index in [1.165, 1.54) is 24.7 Å². The lowest BCUT2D eigenvalue weighted by Crippen LogP contribution is -2.13. The van der Waals surface area contributed by atoms with Gasteiger partial charge in [0.2, 0.25) is 0 Å². The molecule has 2 heterocycles. The molecule has 0 bridgehead atoms. The van der Waals surface area contributed by atoms with Gasteiger partial charge in [-0.2, -0.15) is 13.2 Å². The zero-order valence-electron chi connectivity index (χ0n) is 14.6. The number of aromatic nitrogens is 2. The predicted molar refractivity (Wildman–Crippen MR) is 97.7 cm³/mol. The summed E-state index contributed by atoms with van der Waals surface area (Å²) in [4.78, 5) is 20.4. The van der Waals surface area contributed by atoms with Crippen molar-refractivity contribution in [3.8, 4) is 11.5 Å². The third-order valence-corrected chi connectivity index (χ3v) is 3.99. The number of hydrogen-bond donors (Lipinski definition) is 1. The van der Waals surface area contributed by atoms with Gasteiger partial charge in [-0.25, -0.2) is 9.97 Å². The number of oxazole rings is 1. The van der Waals surface area contributed by atoms with Crippen molar-refractivity contribution < 1.29 is 27.1 Å². The van der Waals surface area contributed by atoms with Crippen LogP contribution in [0, 0.1) is 0 Å². The van der Waals surface area contributed by atoms with Crippen LogP contribution < -0.4 is 10.1 Å². The molecule has 1 amide bonds. The quantitative estimate of drug-likeness (QED) is 0.505. The molecule has 0 atom stereocenters. The lowest BCUT2D eigenvalue weighted by molar-refractivity contribution is -0.137. The van der Waals surface area contributed by atoms with Crippen molar-refractivity contribution in [2.24, 2.45) is 0 Å². The third kappa shape index (κ3) is 4.03. The molecule has 0 radical (unpaired) electrons. The molecule has 146 valence electrons. The average molecular weight is 399 g/mol. The van der Waals surface area contributed by atoms with Crippen LogP contribution in [0.2, 0.25) is 0 Å². The minimum atomic E-state index is -4.40. The van der Waals surface area contributed by atoms with E-state index < -0.39 is 17.6 Å². The molecule has 0 aliphatic carbocycles. The summed E-state index contributed by atoms with van der Waals surface area (Å²) in [6, 6.07) is 12.3. The van der Waals surface area contributed by atoms with Gasteiger partial charge in [-0.1, -0.05) is 0 Å². The first-order chi connectivity index (χ1) is 13.9. The van der Waals surface area contributed by atoms with Crippen LogP contribution >= 0.6 is 0 Å². The number of ether oxygens (including phenoxy) is 1. The van der Waals surface area contributed by atoms with E-state index in [1.54, 1.807) is 30.3 Å². The van der Waals surface area contributed by atoms with Crippen molar-refractivity contribution in [2.45, 2.75) is 6.18 Å². The fourth-order valence-corrected chi connectivity index (χ4v) is 2.60. The van der Waals surface area contributed by atoms with E-state index in [1.807, 2.05) is 0 Å². The average Bonchev–Trinajstić information content (AvgIpc) is 3.18. The van der Waals surface area contributed by atoms with Gasteiger partial charge in [-0.05, 0) is 54.6 Å². The number of nitrogens with zero attached hydrogens (tertiary/aromatic N) is 2. The first kappa shape index (κ1) is 18.5. The summed E-state index contributed by atoms with van der Waals surface area (Å²) in [5.41, 5.74) is 0.633. The highest BCUT2D eigenvalue weighted by Gasteiger charge is 2.30. The van der Waals surface area contributed by atoms with Crippen LogP contribution in [0.15, 0.2) is 71.6 Å². The number of alkyl halides is 3. The molecule has 2 aromatic carbocycles. The van der Waals surface area contributed by atoms with Crippen molar-refractivity contribution >= 4 is 22.7 Å². The Kier molecular flexibility index (Phi) is 4.63. The maximum absolute atomic E-state index is 12.6. The first-order valence-electron chi connectivity index (χ1n) is 8.35. The van der Waals surface area contributed by atoms with Crippen LogP contribution in [0.5, 0.6) is 11.5 Å². The Morgan fingerprint density at radius 1 is 0.931 bits per heavy atom. The lowest BCUT2D eigenvalue weighted by atomic mass is 10.2. The van der Waals surface area contributed by atoms with Gasteiger partial charge < -0.3 is 14.5 Å². The van der Waals surface area contributed by atoms with Gasteiger partial charge in [0.05, 0.1) is 5.56 Å². The monoisotopic (exact) mass is 399 g/mol. The molecule has 6 nitrogen and oxygen atoms in total. The number of rotatable bonds is 4. The Hall–Kier alpha value is -3.88. The summed E-state index contributed by atoms with van der Waals surface area (Å²) in [5.74, 6) is 0.193. The van der Waals surface area contributed by atoms with E-state index in [0.29, 0.717) is 17.0 Å². The van der Waals surface area contributed by atoms with Crippen molar-refractivity contribution in [1.82, 2.24) is 9.97 Å². The maximum Gasteiger partial charge on any atom is 0.416 e. The van der Waals surface area contributed by atoms with E-state index in [2.05, 4.69) is 15.3 Å². The molecular formula is C20H12F3N3O3. The summed E-state index contributed by atoms with van der Waals surface area (Å²) in [6.07, 6.45) is -1.71. The molecule has 9 heteroatoms. The molecule has 0 aliphatic rings. The maximum atomic E-state index is 12.6. The largest absolute Gasteiger partial charge is 0.457 e.